The Morgan fingerprint density at radius 2 is 2.44 bits per heavy atom. The van der Waals surface area contributed by atoms with E-state index in [-0.39, 0.29) is 0 Å². The van der Waals surface area contributed by atoms with Crippen LogP contribution in [0, 0.1) is 12.0 Å². The zero-order valence-electron chi connectivity index (χ0n) is 5.09. The maximum absolute atomic E-state index is 9.75. The third-order valence-electron chi connectivity index (χ3n) is 0.560. The molecular weight excluding hydrogens is 140 g/mol. The third kappa shape index (κ3) is 7.47. The summed E-state index contributed by atoms with van der Waals surface area (Å²) in [5.41, 5.74) is 0. The summed E-state index contributed by atoms with van der Waals surface area (Å²) in [5, 5.41) is 0. The molecule has 0 spiro atoms. The second kappa shape index (κ2) is 5.60. The van der Waals surface area contributed by atoms with Crippen LogP contribution in [-0.2, 0) is 15.5 Å². The molecular formula is C5H8O3S. The van der Waals surface area contributed by atoms with Crippen LogP contribution in [0.3, 0.4) is 0 Å². The fourth-order valence-electron chi connectivity index (χ4n) is 0.241. The third-order valence-corrected chi connectivity index (χ3v) is 0.786. The van der Waals surface area contributed by atoms with Crippen molar-refractivity contribution in [1.29, 1.82) is 0 Å². The first-order valence-electron chi connectivity index (χ1n) is 2.53. The molecule has 0 bridgehead atoms. The van der Waals surface area contributed by atoms with E-state index in [1.807, 2.05) is 6.92 Å². The van der Waals surface area contributed by atoms with Gasteiger partial charge in [0.1, 0.15) is 6.11 Å². The van der Waals surface area contributed by atoms with Gasteiger partial charge < -0.3 is 4.18 Å². The summed E-state index contributed by atoms with van der Waals surface area (Å²) in [4.78, 5) is 0. The Morgan fingerprint density at radius 1 is 1.78 bits per heavy atom. The molecule has 1 atom stereocenters. The van der Waals surface area contributed by atoms with Crippen LogP contribution in [-0.4, -0.2) is 8.76 Å². The zero-order valence-corrected chi connectivity index (χ0v) is 5.90. The van der Waals surface area contributed by atoms with Gasteiger partial charge in [-0.05, 0) is 6.42 Å². The first kappa shape index (κ1) is 8.47. The number of unbranched alkanes of at least 4 members (excludes halogenated alkanes) is 1. The molecule has 52 valence electrons. The Kier molecular flexibility index (Phi) is 5.27. The molecule has 0 radical (unpaired) electrons. The predicted octanol–water partition coefficient (Wildman–Crippen LogP) is 0.901. The zero-order chi connectivity index (χ0) is 7.11. The first-order chi connectivity index (χ1) is 4.27. The summed E-state index contributed by atoms with van der Waals surface area (Å²) in [6, 6.07) is 0. The molecule has 1 unspecified atom stereocenters. The quantitative estimate of drug-likeness (QED) is 0.467. The number of hydrogen-bond donors (Lipinski definition) is 1. The molecule has 0 aliphatic heterocycles. The van der Waals surface area contributed by atoms with Gasteiger partial charge in [-0.25, -0.2) is 0 Å². The van der Waals surface area contributed by atoms with E-state index in [4.69, 9.17) is 4.55 Å². The molecule has 3 nitrogen and oxygen atoms in total. The van der Waals surface area contributed by atoms with Crippen molar-refractivity contribution in [2.75, 3.05) is 0 Å². The van der Waals surface area contributed by atoms with Crippen molar-refractivity contribution in [2.24, 2.45) is 0 Å². The van der Waals surface area contributed by atoms with E-state index in [9.17, 15) is 4.21 Å². The van der Waals surface area contributed by atoms with Crippen LogP contribution >= 0.6 is 0 Å². The smallest absolute Gasteiger partial charge is 0.325 e. The lowest BCUT2D eigenvalue weighted by molar-refractivity contribution is 0.438. The monoisotopic (exact) mass is 148 g/mol. The van der Waals surface area contributed by atoms with E-state index in [0.717, 1.165) is 6.42 Å². The maximum atomic E-state index is 9.75. The summed E-state index contributed by atoms with van der Waals surface area (Å²) in [7, 11) is 0. The van der Waals surface area contributed by atoms with Gasteiger partial charge >= 0.3 is 11.4 Å². The van der Waals surface area contributed by atoms with E-state index >= 15 is 0 Å². The fraction of sp³-hybridized carbons (Fsp3) is 0.600. The normalized spacial score (nSPS) is 11.3. The van der Waals surface area contributed by atoms with E-state index < -0.39 is 11.4 Å². The summed E-state index contributed by atoms with van der Waals surface area (Å²) in [5.74, 6) is 2.54. The van der Waals surface area contributed by atoms with Gasteiger partial charge in [-0.2, -0.15) is 4.21 Å². The van der Waals surface area contributed by atoms with Crippen LogP contribution in [0.25, 0.3) is 0 Å². The van der Waals surface area contributed by atoms with Crippen molar-refractivity contribution in [1.82, 2.24) is 0 Å². The molecule has 0 fully saturated rings. The topological polar surface area (TPSA) is 46.5 Å². The highest BCUT2D eigenvalue weighted by molar-refractivity contribution is 7.74. The van der Waals surface area contributed by atoms with Crippen LogP contribution in [0.1, 0.15) is 19.8 Å². The van der Waals surface area contributed by atoms with Crippen molar-refractivity contribution >= 4 is 11.4 Å². The van der Waals surface area contributed by atoms with E-state index in [2.05, 4.69) is 16.2 Å². The molecule has 4 heteroatoms. The molecule has 0 aromatic rings. The largest absolute Gasteiger partial charge is 0.366 e. The Balaban J connectivity index is 3.26. The molecule has 0 saturated carbocycles. The molecule has 0 aromatic carbocycles. The second-order valence-corrected chi connectivity index (χ2v) is 1.93. The van der Waals surface area contributed by atoms with Crippen LogP contribution in [0.5, 0.6) is 0 Å². The van der Waals surface area contributed by atoms with Crippen molar-refractivity contribution in [3.8, 4) is 12.0 Å². The first-order valence-corrected chi connectivity index (χ1v) is 3.56. The van der Waals surface area contributed by atoms with Crippen LogP contribution in [0.4, 0.5) is 0 Å². The summed E-state index contributed by atoms with van der Waals surface area (Å²) in [6.07, 6.45) is 3.70. The van der Waals surface area contributed by atoms with Crippen molar-refractivity contribution in [3.63, 3.8) is 0 Å². The molecule has 1 N–H and O–H groups in total. The molecule has 0 saturated heterocycles. The molecule has 9 heavy (non-hydrogen) atoms. The minimum atomic E-state index is -2.24. The summed E-state index contributed by atoms with van der Waals surface area (Å²) < 4.78 is 21.8. The lowest BCUT2D eigenvalue weighted by Gasteiger charge is -1.81. The van der Waals surface area contributed by atoms with E-state index in [1.165, 1.54) is 0 Å². The summed E-state index contributed by atoms with van der Waals surface area (Å²) in [6.45, 7) is 1.96. The molecule has 0 rings (SSSR count). The van der Waals surface area contributed by atoms with Crippen LogP contribution < -0.4 is 0 Å². The second-order valence-electron chi connectivity index (χ2n) is 1.33. The highest BCUT2D eigenvalue weighted by atomic mass is 32.2. The number of hydrogen-bond acceptors (Lipinski definition) is 2. The highest BCUT2D eigenvalue weighted by Gasteiger charge is 1.82. The lowest BCUT2D eigenvalue weighted by atomic mass is 10.4. The average molecular weight is 148 g/mol. The van der Waals surface area contributed by atoms with Gasteiger partial charge in [-0.1, -0.05) is 12.8 Å². The highest BCUT2D eigenvalue weighted by Crippen LogP contribution is 1.81. The van der Waals surface area contributed by atoms with Gasteiger partial charge in [0.05, 0.1) is 0 Å². The minimum absolute atomic E-state index is 0.692. The van der Waals surface area contributed by atoms with Crippen molar-refractivity contribution in [3.05, 3.63) is 0 Å². The Labute approximate surface area is 56.9 Å². The Morgan fingerprint density at radius 3 is 2.89 bits per heavy atom. The molecule has 0 aromatic heterocycles. The lowest BCUT2D eigenvalue weighted by Crippen LogP contribution is -1.85. The molecule has 0 amide bonds. The average Bonchev–Trinajstić information content (AvgIpc) is 1.80. The Hall–Kier alpha value is -0.530. The van der Waals surface area contributed by atoms with Crippen LogP contribution in [0.15, 0.2) is 0 Å². The van der Waals surface area contributed by atoms with Crippen molar-refractivity contribution in [2.45, 2.75) is 19.8 Å². The molecule has 0 aliphatic carbocycles. The van der Waals surface area contributed by atoms with Gasteiger partial charge in [0.15, 0.2) is 0 Å². The van der Waals surface area contributed by atoms with E-state index in [0.29, 0.717) is 6.42 Å². The maximum Gasteiger partial charge on any atom is 0.366 e. The molecule has 0 heterocycles. The van der Waals surface area contributed by atoms with Gasteiger partial charge in [0.2, 0.25) is 0 Å². The predicted molar refractivity (Wildman–Crippen MR) is 34.5 cm³/mol. The summed E-state index contributed by atoms with van der Waals surface area (Å²) >= 11 is -2.24. The minimum Gasteiger partial charge on any atom is -0.325 e. The van der Waals surface area contributed by atoms with Gasteiger partial charge in [-0.15, -0.1) is 0 Å². The van der Waals surface area contributed by atoms with Gasteiger partial charge in [-0.3, -0.25) is 4.55 Å². The Bertz CT molecular complexity index is 144. The van der Waals surface area contributed by atoms with Crippen LogP contribution in [0.2, 0.25) is 0 Å². The molecule has 0 aliphatic rings. The van der Waals surface area contributed by atoms with Gasteiger partial charge in [0, 0.05) is 6.42 Å². The van der Waals surface area contributed by atoms with E-state index in [1.54, 1.807) is 0 Å². The fourth-order valence-corrected chi connectivity index (χ4v) is 0.371. The SMILES string of the molecule is CCCC#COS(=O)O. The van der Waals surface area contributed by atoms with Crippen molar-refractivity contribution < 1.29 is 12.9 Å². The standard InChI is InChI=1S/C5H8O3S/c1-2-3-4-5-8-9(6)7/h2-3H2,1H3,(H,6,7). The number of rotatable bonds is 2. The van der Waals surface area contributed by atoms with Gasteiger partial charge in [0.25, 0.3) is 0 Å².